The smallest absolute Gasteiger partial charge is 0.166 e. The Labute approximate surface area is 379 Å². The standard InChI is InChI=1S/C61H37N5/c1-2-17-41(18-3-1)59-62-60(45-27-26-38-14-4-5-19-42(38)34-45)64-61(63-59)50-31-28-40-16-9-11-23-48(40)58(50)66-54-33-30-46(37-52(54)51-35-43-20-6-7-21-44(43)36-56(51)66)65-53-25-13-12-24-49(53)57-47-22-10-8-15-39(47)29-32-55(57)65/h1-37H. The molecular formula is C61H37N5. The van der Waals surface area contributed by atoms with Crippen LogP contribution in [0.15, 0.2) is 224 Å². The number of hydrogen-bond acceptors (Lipinski definition) is 3. The minimum Gasteiger partial charge on any atom is -0.309 e. The Bertz CT molecular complexity index is 4290. The first-order valence-electron chi connectivity index (χ1n) is 22.4. The molecule has 0 spiro atoms. The summed E-state index contributed by atoms with van der Waals surface area (Å²) in [4.78, 5) is 15.9. The van der Waals surface area contributed by atoms with E-state index in [9.17, 15) is 0 Å². The molecule has 66 heavy (non-hydrogen) atoms. The van der Waals surface area contributed by atoms with Crippen LogP contribution in [0.5, 0.6) is 0 Å². The van der Waals surface area contributed by atoms with Gasteiger partial charge in [-0.15, -0.1) is 0 Å². The summed E-state index contributed by atoms with van der Waals surface area (Å²) in [5.74, 6) is 1.86. The summed E-state index contributed by atoms with van der Waals surface area (Å²) in [6.45, 7) is 0. The number of rotatable bonds is 5. The van der Waals surface area contributed by atoms with E-state index in [1.165, 1.54) is 54.1 Å². The first kappa shape index (κ1) is 36.5. The molecule has 0 amide bonds. The van der Waals surface area contributed by atoms with Crippen LogP contribution < -0.4 is 0 Å². The van der Waals surface area contributed by atoms with Gasteiger partial charge in [0.15, 0.2) is 17.5 Å². The molecule has 0 unspecified atom stereocenters. The van der Waals surface area contributed by atoms with Crippen molar-refractivity contribution in [2.24, 2.45) is 0 Å². The van der Waals surface area contributed by atoms with Crippen LogP contribution in [0.2, 0.25) is 0 Å². The molecule has 11 aromatic carbocycles. The summed E-state index contributed by atoms with van der Waals surface area (Å²) in [7, 11) is 0. The van der Waals surface area contributed by atoms with Crippen molar-refractivity contribution in [3.05, 3.63) is 224 Å². The molecule has 14 aromatic rings. The van der Waals surface area contributed by atoms with Crippen molar-refractivity contribution in [3.63, 3.8) is 0 Å². The lowest BCUT2D eigenvalue weighted by Crippen LogP contribution is -2.04. The number of para-hydroxylation sites is 1. The molecule has 0 radical (unpaired) electrons. The first-order valence-corrected chi connectivity index (χ1v) is 22.4. The molecule has 306 valence electrons. The number of benzene rings is 11. The van der Waals surface area contributed by atoms with Gasteiger partial charge < -0.3 is 9.13 Å². The van der Waals surface area contributed by atoms with E-state index < -0.39 is 0 Å². The Hall–Kier alpha value is -8.93. The van der Waals surface area contributed by atoms with E-state index >= 15 is 0 Å². The normalized spacial score (nSPS) is 11.9. The fourth-order valence-electron chi connectivity index (χ4n) is 10.4. The largest absolute Gasteiger partial charge is 0.309 e. The fraction of sp³-hybridized carbons (Fsp3) is 0. The second kappa shape index (κ2) is 14.3. The third kappa shape index (κ3) is 5.57. The lowest BCUT2D eigenvalue weighted by Gasteiger charge is -2.18. The molecule has 0 fully saturated rings. The summed E-state index contributed by atoms with van der Waals surface area (Å²) in [5.41, 5.74) is 9.49. The van der Waals surface area contributed by atoms with Crippen LogP contribution in [0, 0.1) is 0 Å². The van der Waals surface area contributed by atoms with Crippen molar-refractivity contribution >= 4 is 86.7 Å². The topological polar surface area (TPSA) is 48.5 Å². The molecule has 0 aliphatic carbocycles. The average molecular weight is 840 g/mol. The van der Waals surface area contributed by atoms with Crippen molar-refractivity contribution in [2.45, 2.75) is 0 Å². The molecule has 5 heteroatoms. The van der Waals surface area contributed by atoms with Crippen LogP contribution >= 0.6 is 0 Å². The van der Waals surface area contributed by atoms with Gasteiger partial charge in [0, 0.05) is 49.3 Å². The van der Waals surface area contributed by atoms with E-state index in [0.29, 0.717) is 17.5 Å². The maximum absolute atomic E-state index is 5.38. The molecule has 5 nitrogen and oxygen atoms in total. The minimum absolute atomic E-state index is 0.609. The molecule has 3 aromatic heterocycles. The van der Waals surface area contributed by atoms with Gasteiger partial charge in [0.2, 0.25) is 0 Å². The summed E-state index contributed by atoms with van der Waals surface area (Å²) in [5, 5.41) is 14.3. The van der Waals surface area contributed by atoms with Gasteiger partial charge in [0.1, 0.15) is 0 Å². The van der Waals surface area contributed by atoms with E-state index in [2.05, 4.69) is 215 Å². The minimum atomic E-state index is 0.609. The highest BCUT2D eigenvalue weighted by Crippen LogP contribution is 2.43. The molecule has 0 aliphatic rings. The second-order valence-electron chi connectivity index (χ2n) is 17.2. The molecular weight excluding hydrogens is 803 g/mol. The molecule has 0 atom stereocenters. The number of nitrogens with zero attached hydrogens (tertiary/aromatic N) is 5. The second-order valence-corrected chi connectivity index (χ2v) is 17.2. The van der Waals surface area contributed by atoms with Crippen molar-refractivity contribution in [1.29, 1.82) is 0 Å². The quantitative estimate of drug-likeness (QED) is 0.173. The summed E-state index contributed by atoms with van der Waals surface area (Å²) < 4.78 is 4.90. The van der Waals surface area contributed by atoms with Crippen LogP contribution in [-0.4, -0.2) is 24.1 Å². The maximum atomic E-state index is 5.38. The van der Waals surface area contributed by atoms with E-state index in [4.69, 9.17) is 15.0 Å². The van der Waals surface area contributed by atoms with Gasteiger partial charge in [-0.2, -0.15) is 0 Å². The van der Waals surface area contributed by atoms with Gasteiger partial charge in [0.25, 0.3) is 0 Å². The number of fused-ring (bicyclic) bond motifs is 11. The summed E-state index contributed by atoms with van der Waals surface area (Å²) >= 11 is 0. The summed E-state index contributed by atoms with van der Waals surface area (Å²) in [6.07, 6.45) is 0. The molecule has 0 saturated carbocycles. The number of hydrogen-bond donors (Lipinski definition) is 0. The number of aromatic nitrogens is 5. The molecule has 0 aliphatic heterocycles. The Kier molecular flexibility index (Phi) is 7.91. The maximum Gasteiger partial charge on any atom is 0.166 e. The monoisotopic (exact) mass is 839 g/mol. The zero-order valence-electron chi connectivity index (χ0n) is 35.6. The molecule has 0 saturated heterocycles. The van der Waals surface area contributed by atoms with Crippen molar-refractivity contribution in [2.75, 3.05) is 0 Å². The van der Waals surface area contributed by atoms with Crippen LogP contribution in [0.4, 0.5) is 0 Å². The third-order valence-corrected chi connectivity index (χ3v) is 13.5. The van der Waals surface area contributed by atoms with Gasteiger partial charge in [0.05, 0.1) is 27.8 Å². The average Bonchev–Trinajstić information content (AvgIpc) is 3.89. The van der Waals surface area contributed by atoms with E-state index in [0.717, 1.165) is 60.6 Å². The highest BCUT2D eigenvalue weighted by atomic mass is 15.1. The fourth-order valence-corrected chi connectivity index (χ4v) is 10.4. The first-order chi connectivity index (χ1) is 32.7. The lowest BCUT2D eigenvalue weighted by molar-refractivity contribution is 1.07. The predicted molar refractivity (Wildman–Crippen MR) is 275 cm³/mol. The molecule has 0 bridgehead atoms. The van der Waals surface area contributed by atoms with Crippen LogP contribution in [0.1, 0.15) is 0 Å². The predicted octanol–water partition coefficient (Wildman–Crippen LogP) is 15.7. The highest BCUT2D eigenvalue weighted by Gasteiger charge is 2.23. The van der Waals surface area contributed by atoms with Gasteiger partial charge in [-0.1, -0.05) is 170 Å². The zero-order chi connectivity index (χ0) is 43.3. The van der Waals surface area contributed by atoms with Crippen LogP contribution in [0.3, 0.4) is 0 Å². The van der Waals surface area contributed by atoms with Crippen LogP contribution in [0.25, 0.3) is 132 Å². The molecule has 0 N–H and O–H groups in total. The van der Waals surface area contributed by atoms with Crippen LogP contribution in [-0.2, 0) is 0 Å². The third-order valence-electron chi connectivity index (χ3n) is 13.5. The van der Waals surface area contributed by atoms with Gasteiger partial charge in [-0.25, -0.2) is 15.0 Å². The molecule has 3 heterocycles. The Balaban J connectivity index is 1.07. The van der Waals surface area contributed by atoms with Gasteiger partial charge in [-0.05, 0) is 92.3 Å². The zero-order valence-corrected chi connectivity index (χ0v) is 35.6. The van der Waals surface area contributed by atoms with E-state index in [-0.39, 0.29) is 0 Å². The highest BCUT2D eigenvalue weighted by molar-refractivity contribution is 6.22. The summed E-state index contributed by atoms with van der Waals surface area (Å²) in [6, 6.07) is 80.6. The van der Waals surface area contributed by atoms with Crippen molar-refractivity contribution in [1.82, 2.24) is 24.1 Å². The van der Waals surface area contributed by atoms with Crippen molar-refractivity contribution < 1.29 is 0 Å². The van der Waals surface area contributed by atoms with Gasteiger partial charge >= 0.3 is 0 Å². The Morgan fingerprint density at radius 1 is 0.273 bits per heavy atom. The molecule has 14 rings (SSSR count). The Morgan fingerprint density at radius 3 is 1.62 bits per heavy atom. The van der Waals surface area contributed by atoms with Gasteiger partial charge in [-0.3, -0.25) is 0 Å². The SMILES string of the molecule is c1ccc(-c2nc(-c3ccc4ccccc4c3)nc(-c3ccc4ccccc4c3-n3c4ccc(-n5c6ccccc6c6c7ccccc7ccc65)cc4c4cc5ccccc5cc43)n2)cc1. The lowest BCUT2D eigenvalue weighted by atomic mass is 10.0. The van der Waals surface area contributed by atoms with E-state index in [1.54, 1.807) is 0 Å². The Morgan fingerprint density at radius 2 is 0.818 bits per heavy atom. The van der Waals surface area contributed by atoms with Crippen molar-refractivity contribution in [3.8, 4) is 45.5 Å². The van der Waals surface area contributed by atoms with E-state index in [1.807, 2.05) is 18.2 Å².